The maximum Gasteiger partial charge on any atom is 0.240 e. The molecule has 0 aliphatic rings. The van der Waals surface area contributed by atoms with Crippen LogP contribution in [0.15, 0.2) is 47.4 Å². The summed E-state index contributed by atoms with van der Waals surface area (Å²) >= 11 is 0. The van der Waals surface area contributed by atoms with Crippen LogP contribution >= 0.6 is 0 Å². The monoisotopic (exact) mass is 321 g/mol. The molecule has 0 aliphatic heterocycles. The molecule has 0 amide bonds. The van der Waals surface area contributed by atoms with Gasteiger partial charge in [-0.1, -0.05) is 44.2 Å². The van der Waals surface area contributed by atoms with Gasteiger partial charge in [-0.2, -0.15) is 0 Å². The molecule has 2 aromatic rings. The highest BCUT2D eigenvalue weighted by atomic mass is 32.2. The molecule has 0 saturated carbocycles. The van der Waals surface area contributed by atoms with E-state index in [2.05, 4.69) is 18.6 Å². The summed E-state index contributed by atoms with van der Waals surface area (Å²) in [5.41, 5.74) is 0. The Morgan fingerprint density at radius 3 is 2.55 bits per heavy atom. The molecule has 0 bridgehead atoms. The first-order chi connectivity index (χ1) is 10.5. The van der Waals surface area contributed by atoms with E-state index < -0.39 is 10.0 Å². The van der Waals surface area contributed by atoms with Crippen molar-refractivity contribution >= 4 is 20.8 Å². The lowest BCUT2D eigenvalue weighted by atomic mass is 10.1. The van der Waals surface area contributed by atoms with Gasteiger partial charge in [-0.15, -0.1) is 0 Å². The number of ether oxygens (including phenoxy) is 1. The van der Waals surface area contributed by atoms with Gasteiger partial charge in [0, 0.05) is 19.8 Å². The van der Waals surface area contributed by atoms with E-state index in [9.17, 15) is 8.42 Å². The second-order valence-electron chi connectivity index (χ2n) is 5.73. The van der Waals surface area contributed by atoms with Crippen molar-refractivity contribution in [3.63, 3.8) is 0 Å². The molecule has 0 fully saturated rings. The predicted octanol–water partition coefficient (Wildman–Crippen LogP) is 3.18. The zero-order valence-electron chi connectivity index (χ0n) is 13.1. The molecule has 0 unspecified atom stereocenters. The largest absolute Gasteiger partial charge is 0.381 e. The van der Waals surface area contributed by atoms with Crippen LogP contribution in [0.25, 0.3) is 10.8 Å². The highest BCUT2D eigenvalue weighted by Crippen LogP contribution is 2.18. The third-order valence-corrected chi connectivity index (χ3v) is 4.70. The molecule has 0 aromatic heterocycles. The minimum atomic E-state index is -3.46. The summed E-state index contributed by atoms with van der Waals surface area (Å²) in [5, 5.41) is 1.95. The van der Waals surface area contributed by atoms with Crippen LogP contribution in [-0.4, -0.2) is 28.2 Å². The summed E-state index contributed by atoms with van der Waals surface area (Å²) in [6, 6.07) is 12.9. The highest BCUT2D eigenvalue weighted by Gasteiger charge is 2.13. The molecule has 5 heteroatoms. The van der Waals surface area contributed by atoms with Gasteiger partial charge in [0.25, 0.3) is 0 Å². The van der Waals surface area contributed by atoms with Crippen LogP contribution in [0.3, 0.4) is 0 Å². The Morgan fingerprint density at radius 1 is 1.09 bits per heavy atom. The molecule has 2 aromatic carbocycles. The molecule has 4 nitrogen and oxygen atoms in total. The molecule has 0 aliphatic carbocycles. The van der Waals surface area contributed by atoms with Gasteiger partial charge >= 0.3 is 0 Å². The van der Waals surface area contributed by atoms with Crippen LogP contribution in [-0.2, 0) is 14.8 Å². The summed E-state index contributed by atoms with van der Waals surface area (Å²) in [7, 11) is -3.46. The third kappa shape index (κ3) is 4.80. The average molecular weight is 321 g/mol. The summed E-state index contributed by atoms with van der Waals surface area (Å²) in [4.78, 5) is 0.300. The number of hydrogen-bond acceptors (Lipinski definition) is 3. The number of fused-ring (bicyclic) bond motifs is 1. The van der Waals surface area contributed by atoms with E-state index in [-0.39, 0.29) is 0 Å². The van der Waals surface area contributed by atoms with E-state index in [0.717, 1.165) is 10.8 Å². The first-order valence-electron chi connectivity index (χ1n) is 7.55. The van der Waals surface area contributed by atoms with Crippen molar-refractivity contribution in [3.8, 4) is 0 Å². The lowest BCUT2D eigenvalue weighted by Crippen LogP contribution is -2.25. The van der Waals surface area contributed by atoms with Crippen LogP contribution in [0.4, 0.5) is 0 Å². The van der Waals surface area contributed by atoms with Crippen molar-refractivity contribution in [2.75, 3.05) is 19.8 Å². The predicted molar refractivity (Wildman–Crippen MR) is 89.4 cm³/mol. The Morgan fingerprint density at radius 2 is 1.82 bits per heavy atom. The minimum absolute atomic E-state index is 0.300. The Kier molecular flexibility index (Phi) is 5.94. The fraction of sp³-hybridized carbons (Fsp3) is 0.412. The first-order valence-corrected chi connectivity index (χ1v) is 9.03. The molecule has 120 valence electrons. The molecule has 1 N–H and O–H groups in total. The number of rotatable bonds is 8. The van der Waals surface area contributed by atoms with Crippen molar-refractivity contribution in [2.24, 2.45) is 5.92 Å². The van der Waals surface area contributed by atoms with Crippen LogP contribution < -0.4 is 4.72 Å². The Balaban J connectivity index is 1.91. The zero-order valence-corrected chi connectivity index (χ0v) is 13.9. The smallest absolute Gasteiger partial charge is 0.240 e. The SMILES string of the molecule is CC(C)COCCCNS(=O)(=O)c1ccc2ccccc2c1. The van der Waals surface area contributed by atoms with Gasteiger partial charge in [0.1, 0.15) is 0 Å². The third-order valence-electron chi connectivity index (χ3n) is 3.24. The highest BCUT2D eigenvalue weighted by molar-refractivity contribution is 7.89. The second-order valence-corrected chi connectivity index (χ2v) is 7.50. The molecule has 22 heavy (non-hydrogen) atoms. The molecule has 0 heterocycles. The lowest BCUT2D eigenvalue weighted by molar-refractivity contribution is 0.108. The van der Waals surface area contributed by atoms with Crippen molar-refractivity contribution in [2.45, 2.75) is 25.2 Å². The summed E-state index contributed by atoms with van der Waals surface area (Å²) in [6.45, 7) is 5.83. The van der Waals surface area contributed by atoms with Gasteiger partial charge in [-0.25, -0.2) is 13.1 Å². The summed E-state index contributed by atoms with van der Waals surface area (Å²) in [5.74, 6) is 0.495. The molecule has 0 atom stereocenters. The number of nitrogens with one attached hydrogen (secondary N) is 1. The van der Waals surface area contributed by atoms with Crippen LogP contribution in [0.1, 0.15) is 20.3 Å². The molecule has 0 radical (unpaired) electrons. The number of hydrogen-bond donors (Lipinski definition) is 1. The van der Waals surface area contributed by atoms with Crippen molar-refractivity contribution in [1.82, 2.24) is 4.72 Å². The Hall–Kier alpha value is -1.43. The quantitative estimate of drug-likeness (QED) is 0.760. The molecular weight excluding hydrogens is 298 g/mol. The number of sulfonamides is 1. The van der Waals surface area contributed by atoms with Gasteiger partial charge in [0.05, 0.1) is 4.90 Å². The molecule has 0 spiro atoms. The maximum atomic E-state index is 12.3. The molecule has 2 rings (SSSR count). The fourth-order valence-corrected chi connectivity index (χ4v) is 3.23. The van der Waals surface area contributed by atoms with Crippen LogP contribution in [0.5, 0.6) is 0 Å². The summed E-state index contributed by atoms with van der Waals surface area (Å²) in [6.07, 6.45) is 0.666. The normalized spacial score (nSPS) is 12.1. The van der Waals surface area contributed by atoms with Crippen molar-refractivity contribution in [1.29, 1.82) is 0 Å². The topological polar surface area (TPSA) is 55.4 Å². The van der Waals surface area contributed by atoms with Crippen LogP contribution in [0, 0.1) is 5.92 Å². The van der Waals surface area contributed by atoms with E-state index in [0.29, 0.717) is 37.0 Å². The summed E-state index contributed by atoms with van der Waals surface area (Å²) < 4.78 is 32.6. The van der Waals surface area contributed by atoms with Gasteiger partial charge < -0.3 is 4.74 Å². The van der Waals surface area contributed by atoms with Crippen molar-refractivity contribution in [3.05, 3.63) is 42.5 Å². The van der Waals surface area contributed by atoms with Gasteiger partial charge in [0.15, 0.2) is 0 Å². The zero-order chi connectivity index (χ0) is 16.0. The Bertz CT molecular complexity index is 711. The van der Waals surface area contributed by atoms with E-state index in [1.807, 2.05) is 30.3 Å². The van der Waals surface area contributed by atoms with Gasteiger partial charge in [0.2, 0.25) is 10.0 Å². The van der Waals surface area contributed by atoms with E-state index in [1.54, 1.807) is 12.1 Å². The van der Waals surface area contributed by atoms with Gasteiger partial charge in [-0.3, -0.25) is 0 Å². The number of benzene rings is 2. The average Bonchev–Trinajstić information content (AvgIpc) is 2.50. The second kappa shape index (κ2) is 7.72. The van der Waals surface area contributed by atoms with Gasteiger partial charge in [-0.05, 0) is 35.2 Å². The van der Waals surface area contributed by atoms with E-state index >= 15 is 0 Å². The van der Waals surface area contributed by atoms with Crippen molar-refractivity contribution < 1.29 is 13.2 Å². The Labute approximate surface area is 132 Å². The fourth-order valence-electron chi connectivity index (χ4n) is 2.12. The molecular formula is C17H23NO3S. The lowest BCUT2D eigenvalue weighted by Gasteiger charge is -2.09. The molecule has 0 saturated heterocycles. The minimum Gasteiger partial charge on any atom is -0.381 e. The van der Waals surface area contributed by atoms with E-state index in [1.165, 1.54) is 0 Å². The standard InChI is InChI=1S/C17H23NO3S/c1-14(2)13-21-11-5-10-18-22(19,20)17-9-8-15-6-3-4-7-16(15)12-17/h3-4,6-9,12,14,18H,5,10-11,13H2,1-2H3. The first kappa shape index (κ1) is 16.9. The van der Waals surface area contributed by atoms with E-state index in [4.69, 9.17) is 4.74 Å². The van der Waals surface area contributed by atoms with Crippen LogP contribution in [0.2, 0.25) is 0 Å². The maximum absolute atomic E-state index is 12.3.